The van der Waals surface area contributed by atoms with Gasteiger partial charge >= 0.3 is 0 Å². The van der Waals surface area contributed by atoms with E-state index in [0.717, 1.165) is 0 Å². The number of hydrogen-bond acceptors (Lipinski definition) is 2. The molecular weight excluding hydrogens is 142 g/mol. The molecule has 0 saturated heterocycles. The first-order chi connectivity index (χ1) is 4.81. The topological polar surface area (TPSA) is 12.0 Å². The van der Waals surface area contributed by atoms with Gasteiger partial charge in [0.25, 0.3) is 0 Å². The van der Waals surface area contributed by atoms with Crippen molar-refractivity contribution in [3.63, 3.8) is 0 Å². The largest absolute Gasteiger partial charge is 0.304 e. The lowest BCUT2D eigenvalue weighted by Crippen LogP contribution is -2.26. The Labute approximate surface area is 68.0 Å². The summed E-state index contributed by atoms with van der Waals surface area (Å²) in [6.45, 7) is 2.85. The van der Waals surface area contributed by atoms with Gasteiger partial charge in [0.05, 0.1) is 6.54 Å². The molecule has 0 aliphatic carbocycles. The van der Waals surface area contributed by atoms with Crippen molar-refractivity contribution < 1.29 is 0 Å². The second-order valence-corrected chi connectivity index (χ2v) is 3.25. The molecule has 1 nitrogen and oxygen atoms in total. The molecular formula is C8H15NS. The molecule has 0 rings (SSSR count). The van der Waals surface area contributed by atoms with Crippen molar-refractivity contribution in [1.29, 1.82) is 0 Å². The highest BCUT2D eigenvalue weighted by Crippen LogP contribution is 1.98. The Morgan fingerprint density at radius 2 is 2.40 bits per heavy atom. The first kappa shape index (κ1) is 9.87. The van der Waals surface area contributed by atoms with Crippen LogP contribution in [0.5, 0.6) is 0 Å². The molecule has 0 aromatic rings. The molecule has 0 saturated carbocycles. The van der Waals surface area contributed by atoms with E-state index >= 15 is 0 Å². The highest BCUT2D eigenvalue weighted by Gasteiger charge is 1.96. The average Bonchev–Trinajstić information content (AvgIpc) is 1.97. The maximum absolute atomic E-state index is 5.09. The van der Waals surface area contributed by atoms with Crippen molar-refractivity contribution in [3.05, 3.63) is 0 Å². The molecule has 0 spiro atoms. The molecule has 0 aromatic carbocycles. The van der Waals surface area contributed by atoms with Gasteiger partial charge in [-0.1, -0.05) is 5.92 Å². The quantitative estimate of drug-likeness (QED) is 0.605. The SMILES string of the molecule is C#CCNC(C)CCSC. The fourth-order valence-electron chi connectivity index (χ4n) is 0.630. The Morgan fingerprint density at radius 1 is 1.70 bits per heavy atom. The third-order valence-corrected chi connectivity index (χ3v) is 1.95. The van der Waals surface area contributed by atoms with Gasteiger partial charge in [0.1, 0.15) is 0 Å². The summed E-state index contributed by atoms with van der Waals surface area (Å²) in [6, 6.07) is 0.559. The number of hydrogen-bond donors (Lipinski definition) is 1. The maximum Gasteiger partial charge on any atom is 0.0575 e. The van der Waals surface area contributed by atoms with E-state index in [2.05, 4.69) is 24.4 Å². The summed E-state index contributed by atoms with van der Waals surface area (Å²) in [6.07, 6.45) is 8.40. The van der Waals surface area contributed by atoms with Crippen LogP contribution >= 0.6 is 11.8 Å². The minimum atomic E-state index is 0.559. The van der Waals surface area contributed by atoms with E-state index in [1.807, 2.05) is 11.8 Å². The van der Waals surface area contributed by atoms with Gasteiger partial charge in [0.2, 0.25) is 0 Å². The smallest absolute Gasteiger partial charge is 0.0575 e. The highest BCUT2D eigenvalue weighted by atomic mass is 32.2. The van der Waals surface area contributed by atoms with E-state index in [0.29, 0.717) is 12.6 Å². The van der Waals surface area contributed by atoms with Crippen molar-refractivity contribution in [2.75, 3.05) is 18.6 Å². The molecule has 1 N–H and O–H groups in total. The molecule has 0 fully saturated rings. The van der Waals surface area contributed by atoms with E-state index in [9.17, 15) is 0 Å². The molecule has 0 amide bonds. The first-order valence-corrected chi connectivity index (χ1v) is 4.86. The lowest BCUT2D eigenvalue weighted by molar-refractivity contribution is 0.576. The molecule has 10 heavy (non-hydrogen) atoms. The number of terminal acetylenes is 1. The first-order valence-electron chi connectivity index (χ1n) is 3.47. The third kappa shape index (κ3) is 6.00. The number of rotatable bonds is 5. The summed E-state index contributed by atoms with van der Waals surface area (Å²) in [7, 11) is 0. The van der Waals surface area contributed by atoms with Crippen LogP contribution in [-0.4, -0.2) is 24.6 Å². The third-order valence-electron chi connectivity index (χ3n) is 1.31. The van der Waals surface area contributed by atoms with Crippen molar-refractivity contribution in [2.24, 2.45) is 0 Å². The highest BCUT2D eigenvalue weighted by molar-refractivity contribution is 7.98. The van der Waals surface area contributed by atoms with Crippen LogP contribution in [0.25, 0.3) is 0 Å². The van der Waals surface area contributed by atoms with Crippen LogP contribution < -0.4 is 5.32 Å². The summed E-state index contributed by atoms with van der Waals surface area (Å²) in [4.78, 5) is 0. The van der Waals surface area contributed by atoms with Crippen molar-refractivity contribution in [2.45, 2.75) is 19.4 Å². The van der Waals surface area contributed by atoms with Crippen LogP contribution in [0, 0.1) is 12.3 Å². The van der Waals surface area contributed by atoms with Crippen LogP contribution in [0.1, 0.15) is 13.3 Å². The molecule has 1 atom stereocenters. The van der Waals surface area contributed by atoms with Crippen LogP contribution in [0.4, 0.5) is 0 Å². The van der Waals surface area contributed by atoms with Crippen molar-refractivity contribution in [3.8, 4) is 12.3 Å². The Kier molecular flexibility index (Phi) is 6.89. The monoisotopic (exact) mass is 157 g/mol. The lowest BCUT2D eigenvalue weighted by Gasteiger charge is -2.09. The fourth-order valence-corrected chi connectivity index (χ4v) is 1.22. The standard InChI is InChI=1S/C8H15NS/c1-4-6-9-8(2)5-7-10-3/h1,8-9H,5-7H2,2-3H3. The van der Waals surface area contributed by atoms with Gasteiger partial charge in [-0.25, -0.2) is 0 Å². The molecule has 0 heterocycles. The summed E-state index contributed by atoms with van der Waals surface area (Å²) < 4.78 is 0. The van der Waals surface area contributed by atoms with E-state index in [1.54, 1.807) is 0 Å². The maximum atomic E-state index is 5.09. The Morgan fingerprint density at radius 3 is 2.90 bits per heavy atom. The van der Waals surface area contributed by atoms with Gasteiger partial charge in [0.15, 0.2) is 0 Å². The zero-order chi connectivity index (χ0) is 7.82. The Balaban J connectivity index is 3.10. The summed E-state index contributed by atoms with van der Waals surface area (Å²) in [5.74, 6) is 3.76. The number of nitrogens with one attached hydrogen (secondary N) is 1. The van der Waals surface area contributed by atoms with Crippen LogP contribution in [0.2, 0.25) is 0 Å². The van der Waals surface area contributed by atoms with E-state index < -0.39 is 0 Å². The molecule has 0 radical (unpaired) electrons. The second kappa shape index (κ2) is 6.98. The molecule has 2 heteroatoms. The molecule has 58 valence electrons. The van der Waals surface area contributed by atoms with Crippen molar-refractivity contribution in [1.82, 2.24) is 5.32 Å². The van der Waals surface area contributed by atoms with Gasteiger partial charge < -0.3 is 5.32 Å². The van der Waals surface area contributed by atoms with E-state index in [1.165, 1.54) is 12.2 Å². The van der Waals surface area contributed by atoms with Gasteiger partial charge in [0, 0.05) is 6.04 Å². The van der Waals surface area contributed by atoms with E-state index in [4.69, 9.17) is 6.42 Å². The predicted molar refractivity (Wildman–Crippen MR) is 49.3 cm³/mol. The van der Waals surface area contributed by atoms with Gasteiger partial charge in [-0.05, 0) is 25.4 Å². The minimum Gasteiger partial charge on any atom is -0.304 e. The van der Waals surface area contributed by atoms with Crippen molar-refractivity contribution >= 4 is 11.8 Å². The average molecular weight is 157 g/mol. The Hall–Kier alpha value is -0.130. The minimum absolute atomic E-state index is 0.559. The normalized spacial score (nSPS) is 12.5. The molecule has 0 aliphatic heterocycles. The number of thioether (sulfide) groups is 1. The summed E-state index contributed by atoms with van der Waals surface area (Å²) >= 11 is 1.87. The fraction of sp³-hybridized carbons (Fsp3) is 0.750. The van der Waals surface area contributed by atoms with Gasteiger partial charge in [-0.2, -0.15) is 11.8 Å². The van der Waals surface area contributed by atoms with Gasteiger partial charge in [-0.3, -0.25) is 0 Å². The summed E-state index contributed by atoms with van der Waals surface area (Å²) in [5.41, 5.74) is 0. The molecule has 1 unspecified atom stereocenters. The van der Waals surface area contributed by atoms with Crippen LogP contribution in [0.15, 0.2) is 0 Å². The Bertz CT molecular complexity index is 106. The van der Waals surface area contributed by atoms with Gasteiger partial charge in [-0.15, -0.1) is 6.42 Å². The molecule has 0 aliphatic rings. The second-order valence-electron chi connectivity index (χ2n) is 2.27. The lowest BCUT2D eigenvalue weighted by atomic mass is 10.2. The molecule has 0 aromatic heterocycles. The predicted octanol–water partition coefficient (Wildman–Crippen LogP) is 1.35. The summed E-state index contributed by atoms with van der Waals surface area (Å²) in [5, 5.41) is 3.22. The van der Waals surface area contributed by atoms with Crippen LogP contribution in [-0.2, 0) is 0 Å². The van der Waals surface area contributed by atoms with E-state index in [-0.39, 0.29) is 0 Å². The van der Waals surface area contributed by atoms with Crippen LogP contribution in [0.3, 0.4) is 0 Å². The zero-order valence-corrected chi connectivity index (χ0v) is 7.50. The molecule has 0 bridgehead atoms. The zero-order valence-electron chi connectivity index (χ0n) is 6.68.